The van der Waals surface area contributed by atoms with Gasteiger partial charge >= 0.3 is 6.03 Å². The molecule has 7 heteroatoms. The van der Waals surface area contributed by atoms with E-state index in [-0.39, 0.29) is 11.4 Å². The number of methoxy groups -OCH3 is 1. The number of ether oxygens (including phenoxy) is 1. The second kappa shape index (κ2) is 5.96. The lowest BCUT2D eigenvalue weighted by Crippen LogP contribution is -2.39. The minimum atomic E-state index is -0.854. The van der Waals surface area contributed by atoms with E-state index < -0.39 is 11.8 Å². The molecule has 0 bridgehead atoms. The maximum atomic E-state index is 12.3. The summed E-state index contributed by atoms with van der Waals surface area (Å²) in [5.74, 6) is -0.104. The minimum absolute atomic E-state index is 0.00410. The van der Waals surface area contributed by atoms with Gasteiger partial charge in [-0.25, -0.2) is 4.79 Å². The van der Waals surface area contributed by atoms with Crippen molar-refractivity contribution in [1.82, 2.24) is 0 Å². The zero-order chi connectivity index (χ0) is 17.3. The number of nitrogen functional groups attached to an aromatic ring is 1. The molecule has 0 fully saturated rings. The van der Waals surface area contributed by atoms with Crippen LogP contribution < -0.4 is 21.1 Å². The molecule has 2 rings (SSSR count). The summed E-state index contributed by atoms with van der Waals surface area (Å²) >= 11 is 0. The highest BCUT2D eigenvalue weighted by atomic mass is 16.5. The molecule has 0 heterocycles. The number of carbonyl (C=O) groups is 2. The van der Waals surface area contributed by atoms with Gasteiger partial charge in [0.25, 0.3) is 0 Å². The van der Waals surface area contributed by atoms with Gasteiger partial charge in [-0.05, 0) is 43.2 Å². The maximum Gasteiger partial charge on any atom is 0.324 e. The van der Waals surface area contributed by atoms with E-state index in [1.165, 1.54) is 19.3 Å². The summed E-state index contributed by atoms with van der Waals surface area (Å²) in [6.45, 7) is 3.41. The van der Waals surface area contributed by atoms with Crippen LogP contribution in [0.3, 0.4) is 0 Å². The number of nitrogens with zero attached hydrogens (tertiary/aromatic N) is 1. The molecule has 5 N–H and O–H groups in total. The van der Waals surface area contributed by atoms with Crippen LogP contribution in [-0.4, -0.2) is 24.6 Å². The van der Waals surface area contributed by atoms with E-state index >= 15 is 0 Å². The van der Waals surface area contributed by atoms with Crippen LogP contribution in [0.25, 0.3) is 0 Å². The number of primary amides is 1. The molecule has 0 atom stereocenters. The summed E-state index contributed by atoms with van der Waals surface area (Å²) in [6, 6.07) is 2.32. The Morgan fingerprint density at radius 3 is 2.48 bits per heavy atom. The van der Waals surface area contributed by atoms with Crippen molar-refractivity contribution in [3.8, 4) is 5.75 Å². The first-order valence-corrected chi connectivity index (χ1v) is 6.83. The van der Waals surface area contributed by atoms with Crippen LogP contribution in [0.5, 0.6) is 5.75 Å². The van der Waals surface area contributed by atoms with Crippen molar-refractivity contribution in [1.29, 1.82) is 5.41 Å². The molecule has 0 aromatic heterocycles. The first-order chi connectivity index (χ1) is 10.8. The third-order valence-electron chi connectivity index (χ3n) is 3.58. The van der Waals surface area contributed by atoms with Crippen LogP contribution in [0.4, 0.5) is 16.2 Å². The van der Waals surface area contributed by atoms with E-state index in [1.807, 2.05) is 0 Å². The average molecular weight is 314 g/mol. The summed E-state index contributed by atoms with van der Waals surface area (Å²) in [5, 5.41) is 7.86. The van der Waals surface area contributed by atoms with Crippen molar-refractivity contribution in [3.63, 3.8) is 0 Å². The van der Waals surface area contributed by atoms with Crippen molar-refractivity contribution in [2.45, 2.75) is 13.8 Å². The largest absolute Gasteiger partial charge is 0.494 e. The molecule has 0 unspecified atom stereocenters. The molecule has 0 radical (unpaired) electrons. The monoisotopic (exact) mass is 314 g/mol. The van der Waals surface area contributed by atoms with Crippen molar-refractivity contribution in [3.05, 3.63) is 41.1 Å². The normalized spacial score (nSPS) is 14.2. The van der Waals surface area contributed by atoms with Crippen molar-refractivity contribution in [2.24, 2.45) is 5.73 Å². The third kappa shape index (κ3) is 2.94. The van der Waals surface area contributed by atoms with Crippen LogP contribution in [0.15, 0.2) is 35.6 Å². The number of nitrogens with two attached hydrogens (primary N) is 2. The highest BCUT2D eigenvalue weighted by molar-refractivity contribution is 6.24. The molecular weight excluding hydrogens is 296 g/mol. The molecule has 1 aromatic carbocycles. The van der Waals surface area contributed by atoms with Crippen molar-refractivity contribution in [2.75, 3.05) is 17.7 Å². The summed E-state index contributed by atoms with van der Waals surface area (Å²) in [5.41, 5.74) is 13.5. The van der Waals surface area contributed by atoms with E-state index in [2.05, 4.69) is 0 Å². The number of allylic oxidation sites excluding steroid dienone is 3. The number of aryl methyl sites for hydroxylation is 1. The van der Waals surface area contributed by atoms with E-state index in [0.29, 0.717) is 28.3 Å². The van der Waals surface area contributed by atoms with Crippen LogP contribution in [0, 0.1) is 12.3 Å². The van der Waals surface area contributed by atoms with Gasteiger partial charge in [0.05, 0.1) is 18.5 Å². The Balaban J connectivity index is 2.64. The average Bonchev–Trinajstić information content (AvgIpc) is 2.47. The predicted molar refractivity (Wildman–Crippen MR) is 88.8 cm³/mol. The standard InChI is InChI=1S/C16H18N4O3/c1-8-4-13(15(23-3)7-11(8)18)20(16(19)22)12-6-10(17)9(2)5-14(12)21/h4-7,17H,18H2,1-3H3,(H2,19,22). The summed E-state index contributed by atoms with van der Waals surface area (Å²) in [4.78, 5) is 25.3. The van der Waals surface area contributed by atoms with Crippen LogP contribution in [0.2, 0.25) is 0 Å². The Hall–Kier alpha value is -3.09. The molecule has 2 amide bonds. The molecule has 0 saturated carbocycles. The van der Waals surface area contributed by atoms with Gasteiger partial charge in [0.15, 0.2) is 0 Å². The number of amides is 2. The van der Waals surface area contributed by atoms with E-state index in [9.17, 15) is 9.59 Å². The fourth-order valence-electron chi connectivity index (χ4n) is 2.24. The van der Waals surface area contributed by atoms with Crippen molar-refractivity contribution >= 4 is 28.9 Å². The molecule has 120 valence electrons. The Morgan fingerprint density at radius 2 is 1.91 bits per heavy atom. The second-order valence-corrected chi connectivity index (χ2v) is 5.19. The second-order valence-electron chi connectivity index (χ2n) is 5.19. The fourth-order valence-corrected chi connectivity index (χ4v) is 2.24. The number of benzene rings is 1. The van der Waals surface area contributed by atoms with E-state index in [1.54, 1.807) is 26.0 Å². The number of nitrogens with one attached hydrogen (secondary N) is 1. The molecule has 0 spiro atoms. The number of urea groups is 1. The number of carbonyl (C=O) groups excluding carboxylic acids is 2. The van der Waals surface area contributed by atoms with Crippen molar-refractivity contribution < 1.29 is 14.3 Å². The van der Waals surface area contributed by atoms with Gasteiger partial charge in [-0.3, -0.25) is 9.69 Å². The SMILES string of the molecule is COc1cc(N)c(C)cc1N(C(N)=O)C1=CC(=N)C(C)=CC1=O. The molecule has 23 heavy (non-hydrogen) atoms. The number of rotatable bonds is 3. The van der Waals surface area contributed by atoms with Gasteiger partial charge < -0.3 is 21.6 Å². The maximum absolute atomic E-state index is 12.3. The highest BCUT2D eigenvalue weighted by Crippen LogP contribution is 2.35. The lowest BCUT2D eigenvalue weighted by atomic mass is 10.0. The predicted octanol–water partition coefficient (Wildman–Crippen LogP) is 1.90. The third-order valence-corrected chi connectivity index (χ3v) is 3.58. The van der Waals surface area contributed by atoms with Gasteiger partial charge in [-0.2, -0.15) is 0 Å². The zero-order valence-electron chi connectivity index (χ0n) is 13.1. The van der Waals surface area contributed by atoms with Gasteiger partial charge in [0.2, 0.25) is 5.78 Å². The first kappa shape index (κ1) is 16.3. The molecular formula is C16H18N4O3. The van der Waals surface area contributed by atoms with Crippen LogP contribution >= 0.6 is 0 Å². The fraction of sp³-hybridized carbons (Fsp3) is 0.188. The number of hydrogen-bond donors (Lipinski definition) is 3. The molecule has 7 nitrogen and oxygen atoms in total. The quantitative estimate of drug-likeness (QED) is 0.582. The zero-order valence-corrected chi connectivity index (χ0v) is 13.1. The van der Waals surface area contributed by atoms with Crippen LogP contribution in [0.1, 0.15) is 12.5 Å². The number of hydrogen-bond acceptors (Lipinski definition) is 5. The Bertz CT molecular complexity index is 778. The van der Waals surface area contributed by atoms with E-state index in [4.69, 9.17) is 21.6 Å². The molecule has 1 aliphatic carbocycles. The van der Waals surface area contributed by atoms with E-state index in [0.717, 1.165) is 4.90 Å². The lowest BCUT2D eigenvalue weighted by molar-refractivity contribution is -0.111. The molecule has 0 saturated heterocycles. The molecule has 0 aliphatic heterocycles. The van der Waals surface area contributed by atoms with Gasteiger partial charge in [0.1, 0.15) is 11.4 Å². The molecule has 1 aromatic rings. The summed E-state index contributed by atoms with van der Waals surface area (Å²) in [6.07, 6.45) is 2.61. The van der Waals surface area contributed by atoms with Gasteiger partial charge in [-0.15, -0.1) is 0 Å². The Morgan fingerprint density at radius 1 is 1.26 bits per heavy atom. The highest BCUT2D eigenvalue weighted by Gasteiger charge is 2.28. The van der Waals surface area contributed by atoms with Crippen LogP contribution in [-0.2, 0) is 4.79 Å². The van der Waals surface area contributed by atoms with Gasteiger partial charge in [0, 0.05) is 11.8 Å². The first-order valence-electron chi connectivity index (χ1n) is 6.83. The topological polar surface area (TPSA) is 122 Å². The molecule has 1 aliphatic rings. The van der Waals surface area contributed by atoms with Gasteiger partial charge in [-0.1, -0.05) is 0 Å². The summed E-state index contributed by atoms with van der Waals surface area (Å²) in [7, 11) is 1.43. The summed E-state index contributed by atoms with van der Waals surface area (Å²) < 4.78 is 5.25. The Kier molecular flexibility index (Phi) is 4.22. The lowest BCUT2D eigenvalue weighted by Gasteiger charge is -2.26. The number of ketones is 1. The number of anilines is 2. The smallest absolute Gasteiger partial charge is 0.324 e. The Labute approximate surface area is 133 Å². The minimum Gasteiger partial charge on any atom is -0.494 e.